The van der Waals surface area contributed by atoms with Crippen LogP contribution in [0.15, 0.2) is 24.3 Å². The molecule has 6 heteroatoms. The van der Waals surface area contributed by atoms with Gasteiger partial charge in [-0.15, -0.1) is 0 Å². The maximum absolute atomic E-state index is 12.8. The van der Waals surface area contributed by atoms with E-state index in [1.807, 2.05) is 55.1 Å². The van der Waals surface area contributed by atoms with Crippen LogP contribution in [-0.4, -0.2) is 61.4 Å². The third-order valence-electron chi connectivity index (χ3n) is 4.56. The van der Waals surface area contributed by atoms with Crippen molar-refractivity contribution in [3.63, 3.8) is 0 Å². The lowest BCUT2D eigenvalue weighted by molar-refractivity contribution is -0.127. The molecule has 1 aliphatic rings. The lowest BCUT2D eigenvalue weighted by Crippen LogP contribution is -2.49. The molecule has 1 atom stereocenters. The SMILES string of the molecule is Cc1ccccc1C(C(=O)NC1CCN(CC(N)=O)CC1)N(C)C. The monoisotopic (exact) mass is 332 g/mol. The molecule has 1 aliphatic heterocycles. The molecule has 0 bridgehead atoms. The van der Waals surface area contributed by atoms with Crippen molar-refractivity contribution < 1.29 is 9.59 Å². The highest BCUT2D eigenvalue weighted by Crippen LogP contribution is 2.23. The van der Waals surface area contributed by atoms with Crippen molar-refractivity contribution in [2.24, 2.45) is 5.73 Å². The number of nitrogens with zero attached hydrogens (tertiary/aromatic N) is 2. The minimum absolute atomic E-state index is 0.0302. The van der Waals surface area contributed by atoms with Crippen LogP contribution in [0.1, 0.15) is 30.0 Å². The average Bonchev–Trinajstić information content (AvgIpc) is 2.50. The van der Waals surface area contributed by atoms with E-state index in [4.69, 9.17) is 5.73 Å². The van der Waals surface area contributed by atoms with E-state index in [0.29, 0.717) is 6.54 Å². The summed E-state index contributed by atoms with van der Waals surface area (Å²) in [5.74, 6) is -0.271. The highest BCUT2D eigenvalue weighted by Gasteiger charge is 2.28. The number of piperidine rings is 1. The van der Waals surface area contributed by atoms with Gasteiger partial charge in [-0.05, 0) is 45.0 Å². The van der Waals surface area contributed by atoms with Gasteiger partial charge in [0.1, 0.15) is 6.04 Å². The Balaban J connectivity index is 1.97. The Kier molecular flexibility index (Phi) is 6.34. The van der Waals surface area contributed by atoms with E-state index in [1.165, 1.54) is 0 Å². The fourth-order valence-electron chi connectivity index (χ4n) is 3.28. The number of nitrogens with one attached hydrogen (secondary N) is 1. The number of aryl methyl sites for hydroxylation is 1. The van der Waals surface area contributed by atoms with E-state index >= 15 is 0 Å². The van der Waals surface area contributed by atoms with Gasteiger partial charge >= 0.3 is 0 Å². The van der Waals surface area contributed by atoms with Crippen molar-refractivity contribution in [1.29, 1.82) is 0 Å². The van der Waals surface area contributed by atoms with E-state index in [-0.39, 0.29) is 23.9 Å². The lowest BCUT2D eigenvalue weighted by atomic mass is 9.98. The van der Waals surface area contributed by atoms with Crippen LogP contribution in [0.5, 0.6) is 0 Å². The van der Waals surface area contributed by atoms with E-state index in [9.17, 15) is 9.59 Å². The predicted molar refractivity (Wildman–Crippen MR) is 94.4 cm³/mol. The van der Waals surface area contributed by atoms with Crippen LogP contribution < -0.4 is 11.1 Å². The Labute approximate surface area is 144 Å². The lowest BCUT2D eigenvalue weighted by Gasteiger charge is -2.33. The van der Waals surface area contributed by atoms with Gasteiger partial charge in [-0.1, -0.05) is 24.3 Å². The zero-order valence-electron chi connectivity index (χ0n) is 14.8. The van der Waals surface area contributed by atoms with Crippen molar-refractivity contribution in [1.82, 2.24) is 15.1 Å². The van der Waals surface area contributed by atoms with Crippen LogP contribution in [-0.2, 0) is 9.59 Å². The summed E-state index contributed by atoms with van der Waals surface area (Å²) in [5, 5.41) is 3.18. The Morgan fingerprint density at radius 2 is 1.92 bits per heavy atom. The number of likely N-dealkylation sites (tertiary alicyclic amines) is 1. The molecule has 0 aliphatic carbocycles. The van der Waals surface area contributed by atoms with Crippen molar-refractivity contribution in [3.8, 4) is 0 Å². The molecule has 6 nitrogen and oxygen atoms in total. The second-order valence-electron chi connectivity index (χ2n) is 6.75. The molecule has 1 unspecified atom stereocenters. The first-order chi connectivity index (χ1) is 11.4. The number of carbonyl (C=O) groups excluding carboxylic acids is 2. The number of nitrogens with two attached hydrogens (primary N) is 1. The quantitative estimate of drug-likeness (QED) is 0.802. The highest BCUT2D eigenvalue weighted by molar-refractivity contribution is 5.83. The largest absolute Gasteiger partial charge is 0.369 e. The van der Waals surface area contributed by atoms with Crippen molar-refractivity contribution in [2.75, 3.05) is 33.7 Å². The van der Waals surface area contributed by atoms with Crippen LogP contribution in [0.25, 0.3) is 0 Å². The van der Waals surface area contributed by atoms with Gasteiger partial charge in [0.05, 0.1) is 6.54 Å². The molecule has 2 amide bonds. The van der Waals surface area contributed by atoms with Gasteiger partial charge < -0.3 is 11.1 Å². The fourth-order valence-corrected chi connectivity index (χ4v) is 3.28. The van der Waals surface area contributed by atoms with Crippen LogP contribution in [0.4, 0.5) is 0 Å². The van der Waals surface area contributed by atoms with E-state index in [0.717, 1.165) is 37.1 Å². The molecule has 0 radical (unpaired) electrons. The molecule has 24 heavy (non-hydrogen) atoms. The van der Waals surface area contributed by atoms with Crippen molar-refractivity contribution >= 4 is 11.8 Å². The van der Waals surface area contributed by atoms with Gasteiger partial charge in [0.2, 0.25) is 11.8 Å². The Morgan fingerprint density at radius 1 is 1.29 bits per heavy atom. The van der Waals surface area contributed by atoms with E-state index in [2.05, 4.69) is 5.32 Å². The number of rotatable bonds is 6. The standard InChI is InChI=1S/C18H28N4O2/c1-13-6-4-5-7-15(13)17(21(2)3)18(24)20-14-8-10-22(11-9-14)12-16(19)23/h4-7,14,17H,8-12H2,1-3H3,(H2,19,23)(H,20,24). The maximum atomic E-state index is 12.8. The summed E-state index contributed by atoms with van der Waals surface area (Å²) < 4.78 is 0. The topological polar surface area (TPSA) is 78.7 Å². The van der Waals surface area contributed by atoms with Gasteiger partial charge in [0, 0.05) is 19.1 Å². The number of hydrogen-bond acceptors (Lipinski definition) is 4. The second-order valence-corrected chi connectivity index (χ2v) is 6.75. The third-order valence-corrected chi connectivity index (χ3v) is 4.56. The van der Waals surface area contributed by atoms with Gasteiger partial charge in [0.25, 0.3) is 0 Å². The molecule has 1 aromatic rings. The fraction of sp³-hybridized carbons (Fsp3) is 0.556. The Bertz CT molecular complexity index is 580. The normalized spacial score (nSPS) is 17.7. The molecule has 2 rings (SSSR count). The van der Waals surface area contributed by atoms with Gasteiger partial charge in [0.15, 0.2) is 0 Å². The smallest absolute Gasteiger partial charge is 0.242 e. The summed E-state index contributed by atoms with van der Waals surface area (Å²) in [6.45, 7) is 3.89. The molecule has 1 fully saturated rings. The molecular formula is C18H28N4O2. The first-order valence-corrected chi connectivity index (χ1v) is 8.41. The number of amides is 2. The average molecular weight is 332 g/mol. The Morgan fingerprint density at radius 3 is 2.46 bits per heavy atom. The molecule has 1 saturated heterocycles. The second kappa shape index (κ2) is 8.26. The molecule has 3 N–H and O–H groups in total. The minimum atomic E-state index is -0.301. The molecular weight excluding hydrogens is 304 g/mol. The zero-order valence-corrected chi connectivity index (χ0v) is 14.8. The van der Waals surface area contributed by atoms with Crippen LogP contribution in [0, 0.1) is 6.92 Å². The molecule has 1 heterocycles. The van der Waals surface area contributed by atoms with E-state index in [1.54, 1.807) is 0 Å². The summed E-state index contributed by atoms with van der Waals surface area (Å²) in [5.41, 5.74) is 7.38. The first-order valence-electron chi connectivity index (χ1n) is 8.41. The van der Waals surface area contributed by atoms with Crippen LogP contribution in [0.2, 0.25) is 0 Å². The van der Waals surface area contributed by atoms with Crippen LogP contribution >= 0.6 is 0 Å². The minimum Gasteiger partial charge on any atom is -0.369 e. The van der Waals surface area contributed by atoms with Crippen molar-refractivity contribution in [3.05, 3.63) is 35.4 Å². The van der Waals surface area contributed by atoms with Gasteiger partial charge in [-0.25, -0.2) is 0 Å². The summed E-state index contributed by atoms with van der Waals surface area (Å²) in [4.78, 5) is 27.8. The number of benzene rings is 1. The Hall–Kier alpha value is -1.92. The van der Waals surface area contributed by atoms with Crippen LogP contribution in [0.3, 0.4) is 0 Å². The zero-order chi connectivity index (χ0) is 17.7. The number of primary amides is 1. The molecule has 0 aromatic heterocycles. The van der Waals surface area contributed by atoms with E-state index < -0.39 is 0 Å². The summed E-state index contributed by atoms with van der Waals surface area (Å²) >= 11 is 0. The summed E-state index contributed by atoms with van der Waals surface area (Å²) in [6, 6.07) is 7.84. The predicted octanol–water partition coefficient (Wildman–Crippen LogP) is 0.664. The molecule has 0 saturated carbocycles. The highest BCUT2D eigenvalue weighted by atomic mass is 16.2. The number of carbonyl (C=O) groups is 2. The molecule has 1 aromatic carbocycles. The van der Waals surface area contributed by atoms with Gasteiger partial charge in [-0.3, -0.25) is 19.4 Å². The summed E-state index contributed by atoms with van der Waals surface area (Å²) in [7, 11) is 3.85. The molecule has 0 spiro atoms. The van der Waals surface area contributed by atoms with Crippen molar-refractivity contribution in [2.45, 2.75) is 31.8 Å². The third kappa shape index (κ3) is 4.79. The maximum Gasteiger partial charge on any atom is 0.242 e. The number of likely N-dealkylation sites (N-methyl/N-ethyl adjacent to an activating group) is 1. The number of hydrogen-bond donors (Lipinski definition) is 2. The van der Waals surface area contributed by atoms with Gasteiger partial charge in [-0.2, -0.15) is 0 Å². The molecule has 132 valence electrons. The summed E-state index contributed by atoms with van der Waals surface area (Å²) in [6.07, 6.45) is 1.68. The first kappa shape index (κ1) is 18.4.